The van der Waals surface area contributed by atoms with Gasteiger partial charge < -0.3 is 9.80 Å². The van der Waals surface area contributed by atoms with Crippen LogP contribution in [0.25, 0.3) is 11.1 Å². The minimum atomic E-state index is -0.362. The summed E-state index contributed by atoms with van der Waals surface area (Å²) in [5.41, 5.74) is 4.40. The van der Waals surface area contributed by atoms with Crippen molar-refractivity contribution >= 4 is 29.4 Å². The number of nitrogens with one attached hydrogen (secondary N) is 1. The van der Waals surface area contributed by atoms with Gasteiger partial charge in [0.05, 0.1) is 10.6 Å². The van der Waals surface area contributed by atoms with Crippen LogP contribution in [0.15, 0.2) is 36.4 Å². The number of rotatable bonds is 4. The molecule has 144 valence electrons. The molecular weight excluding hydrogens is 378 g/mol. The minimum Gasteiger partial charge on any atom is -0.332 e. The number of halogens is 1. The molecule has 0 saturated carbocycles. The number of urea groups is 1. The Morgan fingerprint density at radius 1 is 1.04 bits per heavy atom. The van der Waals surface area contributed by atoms with Crippen LogP contribution >= 0.6 is 11.6 Å². The molecule has 4 amide bonds. The Labute approximate surface area is 168 Å². The van der Waals surface area contributed by atoms with Crippen LogP contribution < -0.4 is 5.32 Å². The van der Waals surface area contributed by atoms with E-state index in [1.165, 1.54) is 4.90 Å². The molecule has 2 heterocycles. The maximum absolute atomic E-state index is 12.5. The highest BCUT2D eigenvalue weighted by Gasteiger charge is 2.31. The fourth-order valence-corrected chi connectivity index (χ4v) is 3.96. The molecular formula is C21H20ClN3O3. The molecule has 0 spiro atoms. The second kappa shape index (κ2) is 6.95. The van der Waals surface area contributed by atoms with Gasteiger partial charge in [-0.15, -0.1) is 0 Å². The van der Waals surface area contributed by atoms with Crippen LogP contribution in [-0.4, -0.2) is 40.2 Å². The van der Waals surface area contributed by atoms with E-state index in [0.717, 1.165) is 22.3 Å². The lowest BCUT2D eigenvalue weighted by molar-refractivity contribution is -0.118. The van der Waals surface area contributed by atoms with Crippen molar-refractivity contribution in [2.24, 2.45) is 0 Å². The van der Waals surface area contributed by atoms with Gasteiger partial charge in [-0.2, -0.15) is 0 Å². The van der Waals surface area contributed by atoms with Crippen LogP contribution in [0, 0.1) is 0 Å². The van der Waals surface area contributed by atoms with Gasteiger partial charge in [-0.1, -0.05) is 35.9 Å². The van der Waals surface area contributed by atoms with Gasteiger partial charge in [0.1, 0.15) is 6.54 Å². The fraction of sp³-hybridized carbons (Fsp3) is 0.286. The summed E-state index contributed by atoms with van der Waals surface area (Å²) in [6.45, 7) is 5.01. The van der Waals surface area contributed by atoms with Crippen LogP contribution in [-0.2, 0) is 17.9 Å². The smallest absolute Gasteiger partial charge is 0.324 e. The standard InChI is InChI=1S/C21H20ClN3O3/c1-12(2)25-10-16-7-15(8-17(22)19(16)20(25)27)14-5-3-13(4-6-14)9-24-11-18(26)23-21(24)28/h3-8,12H,9-11H2,1-2H3,(H,23,26,28). The maximum Gasteiger partial charge on any atom is 0.324 e. The zero-order valence-corrected chi connectivity index (χ0v) is 16.4. The van der Waals surface area contributed by atoms with Gasteiger partial charge in [0.2, 0.25) is 5.91 Å². The average molecular weight is 398 g/mol. The zero-order chi connectivity index (χ0) is 20.0. The molecule has 0 bridgehead atoms. The fourth-order valence-electron chi connectivity index (χ4n) is 3.64. The summed E-state index contributed by atoms with van der Waals surface area (Å²) >= 11 is 6.43. The Morgan fingerprint density at radius 2 is 1.75 bits per heavy atom. The van der Waals surface area contributed by atoms with Crippen LogP contribution in [0.2, 0.25) is 5.02 Å². The summed E-state index contributed by atoms with van der Waals surface area (Å²) < 4.78 is 0. The van der Waals surface area contributed by atoms with Crippen molar-refractivity contribution in [3.05, 3.63) is 58.1 Å². The lowest BCUT2D eigenvalue weighted by Crippen LogP contribution is -2.30. The zero-order valence-electron chi connectivity index (χ0n) is 15.7. The third kappa shape index (κ3) is 3.24. The Bertz CT molecular complexity index is 985. The number of nitrogens with zero attached hydrogens (tertiary/aromatic N) is 2. The van der Waals surface area contributed by atoms with E-state index in [1.807, 2.05) is 55.1 Å². The number of imide groups is 1. The number of benzene rings is 2. The van der Waals surface area contributed by atoms with E-state index < -0.39 is 0 Å². The molecule has 1 N–H and O–H groups in total. The summed E-state index contributed by atoms with van der Waals surface area (Å²) in [6.07, 6.45) is 0. The van der Waals surface area contributed by atoms with Crippen LogP contribution in [0.3, 0.4) is 0 Å². The third-order valence-electron chi connectivity index (χ3n) is 5.14. The average Bonchev–Trinajstić information content (AvgIpc) is 3.14. The van der Waals surface area contributed by atoms with Gasteiger partial charge >= 0.3 is 6.03 Å². The van der Waals surface area contributed by atoms with Gasteiger partial charge in [-0.05, 0) is 48.2 Å². The quantitative estimate of drug-likeness (QED) is 0.803. The molecule has 28 heavy (non-hydrogen) atoms. The van der Waals surface area contributed by atoms with Crippen molar-refractivity contribution in [1.29, 1.82) is 0 Å². The molecule has 2 aliphatic rings. The van der Waals surface area contributed by atoms with Crippen molar-refractivity contribution in [2.75, 3.05) is 6.54 Å². The molecule has 1 saturated heterocycles. The van der Waals surface area contributed by atoms with Crippen molar-refractivity contribution in [1.82, 2.24) is 15.1 Å². The first-order valence-electron chi connectivity index (χ1n) is 9.15. The Morgan fingerprint density at radius 3 is 2.36 bits per heavy atom. The first-order valence-corrected chi connectivity index (χ1v) is 9.52. The summed E-state index contributed by atoms with van der Waals surface area (Å²) in [7, 11) is 0. The SMILES string of the molecule is CC(C)N1Cc2cc(-c3ccc(CN4CC(=O)NC4=O)cc3)cc(Cl)c2C1=O. The van der Waals surface area contributed by atoms with Gasteiger partial charge in [0.15, 0.2) is 0 Å². The van der Waals surface area contributed by atoms with E-state index in [0.29, 0.717) is 23.7 Å². The predicted molar refractivity (Wildman–Crippen MR) is 106 cm³/mol. The highest BCUT2D eigenvalue weighted by atomic mass is 35.5. The number of hydrogen-bond acceptors (Lipinski definition) is 3. The lowest BCUT2D eigenvalue weighted by Gasteiger charge is -2.19. The number of carbonyl (C=O) groups excluding carboxylic acids is 3. The predicted octanol–water partition coefficient (Wildman–Crippen LogP) is 3.42. The number of amides is 4. The molecule has 4 rings (SSSR count). The molecule has 2 aliphatic heterocycles. The molecule has 0 atom stereocenters. The monoisotopic (exact) mass is 397 g/mol. The van der Waals surface area contributed by atoms with Gasteiger partial charge in [0.25, 0.3) is 5.91 Å². The van der Waals surface area contributed by atoms with Crippen molar-refractivity contribution in [3.8, 4) is 11.1 Å². The molecule has 2 aromatic carbocycles. The molecule has 0 unspecified atom stereocenters. The van der Waals surface area contributed by atoms with E-state index >= 15 is 0 Å². The van der Waals surface area contributed by atoms with Gasteiger partial charge in [-0.25, -0.2) is 4.79 Å². The minimum absolute atomic E-state index is 0.0182. The lowest BCUT2D eigenvalue weighted by atomic mass is 9.99. The van der Waals surface area contributed by atoms with Crippen LogP contribution in [0.1, 0.15) is 35.3 Å². The summed E-state index contributed by atoms with van der Waals surface area (Å²) in [5.74, 6) is -0.297. The third-order valence-corrected chi connectivity index (χ3v) is 5.44. The maximum atomic E-state index is 12.5. The Balaban J connectivity index is 1.57. The molecule has 0 radical (unpaired) electrons. The Kier molecular flexibility index (Phi) is 4.59. The van der Waals surface area contributed by atoms with Crippen LogP contribution in [0.4, 0.5) is 4.79 Å². The second-order valence-corrected chi connectivity index (χ2v) is 7.83. The van der Waals surface area contributed by atoms with E-state index in [4.69, 9.17) is 11.6 Å². The van der Waals surface area contributed by atoms with E-state index in [-0.39, 0.29) is 30.4 Å². The molecule has 0 aliphatic carbocycles. The second-order valence-electron chi connectivity index (χ2n) is 7.43. The van der Waals surface area contributed by atoms with E-state index in [9.17, 15) is 14.4 Å². The Hall–Kier alpha value is -2.86. The first kappa shape index (κ1) is 18.5. The van der Waals surface area contributed by atoms with E-state index in [1.54, 1.807) is 0 Å². The number of hydrogen-bond donors (Lipinski definition) is 1. The van der Waals surface area contributed by atoms with E-state index in [2.05, 4.69) is 5.32 Å². The molecule has 2 aromatic rings. The number of carbonyl (C=O) groups is 3. The van der Waals surface area contributed by atoms with Crippen molar-refractivity contribution < 1.29 is 14.4 Å². The summed E-state index contributed by atoms with van der Waals surface area (Å²) in [5, 5.41) is 2.74. The number of fused-ring (bicyclic) bond motifs is 1. The first-order chi connectivity index (χ1) is 13.3. The highest BCUT2D eigenvalue weighted by molar-refractivity contribution is 6.34. The molecule has 1 fully saturated rings. The van der Waals surface area contributed by atoms with Crippen molar-refractivity contribution in [3.63, 3.8) is 0 Å². The molecule has 7 heteroatoms. The topological polar surface area (TPSA) is 69.7 Å². The summed E-state index contributed by atoms with van der Waals surface area (Å²) in [6, 6.07) is 11.4. The van der Waals surface area contributed by atoms with Crippen molar-refractivity contribution in [2.45, 2.75) is 33.0 Å². The summed E-state index contributed by atoms with van der Waals surface area (Å²) in [4.78, 5) is 38.8. The normalized spacial score (nSPS) is 16.2. The van der Waals surface area contributed by atoms with Gasteiger partial charge in [-0.3, -0.25) is 14.9 Å². The van der Waals surface area contributed by atoms with Crippen LogP contribution in [0.5, 0.6) is 0 Å². The molecule has 6 nitrogen and oxygen atoms in total. The van der Waals surface area contributed by atoms with Gasteiger partial charge in [0, 0.05) is 19.1 Å². The largest absolute Gasteiger partial charge is 0.332 e. The highest BCUT2D eigenvalue weighted by Crippen LogP contribution is 2.35. The molecule has 0 aromatic heterocycles.